The molecule has 0 radical (unpaired) electrons. The third-order valence-corrected chi connectivity index (χ3v) is 7.54. The number of amides is 1. The van der Waals surface area contributed by atoms with E-state index in [9.17, 15) is 35.5 Å². The molecule has 4 rings (SSSR count). The summed E-state index contributed by atoms with van der Waals surface area (Å²) in [6, 6.07) is 12.1. The van der Waals surface area contributed by atoms with Gasteiger partial charge in [-0.15, -0.1) is 0 Å². The maximum Gasteiger partial charge on any atom is 0.433 e. The van der Waals surface area contributed by atoms with Gasteiger partial charge in [0.25, 0.3) is 0 Å². The Bertz CT molecular complexity index is 1430. The van der Waals surface area contributed by atoms with Crippen molar-refractivity contribution in [1.29, 1.82) is 0 Å². The minimum atomic E-state index is -4.68. The minimum Gasteiger partial charge on any atom is -0.755 e. The van der Waals surface area contributed by atoms with Crippen LogP contribution in [0, 0.1) is 11.6 Å². The molecule has 1 N–H and O–H groups in total. The molecule has 2 unspecified atom stereocenters. The van der Waals surface area contributed by atoms with Crippen LogP contribution in [0.4, 0.5) is 39.1 Å². The predicted molar refractivity (Wildman–Crippen MR) is 144 cm³/mol. The summed E-state index contributed by atoms with van der Waals surface area (Å²) in [5.74, 6) is -2.54. The Morgan fingerprint density at radius 2 is 1.71 bits per heavy atom. The van der Waals surface area contributed by atoms with Crippen LogP contribution in [-0.2, 0) is 28.8 Å². The quantitative estimate of drug-likeness (QED) is 0.307. The number of benzene rings is 2. The van der Waals surface area contributed by atoms with Gasteiger partial charge in [-0.1, -0.05) is 24.3 Å². The summed E-state index contributed by atoms with van der Waals surface area (Å²) in [5.41, 5.74) is -0.233. The third kappa shape index (κ3) is 6.93. The highest BCUT2D eigenvalue weighted by molar-refractivity contribution is 7.80. The van der Waals surface area contributed by atoms with Crippen molar-refractivity contribution in [2.45, 2.75) is 25.6 Å². The average molecular weight is 597 g/mol. The number of hydrogen-bond acceptors (Lipinski definition) is 6. The normalized spacial score (nSPS) is 15.4. The SMILES string of the molecule is CC(C(=O)NCc1ccc(C(F)(F)F)nc1N1CCN(c2ccccc2F)CC1)c1ccc(N(C)S(=O)[O-])c(F)c1. The van der Waals surface area contributed by atoms with Crippen molar-refractivity contribution >= 4 is 34.4 Å². The number of nitrogens with one attached hydrogen (secondary N) is 1. The Morgan fingerprint density at radius 1 is 1.05 bits per heavy atom. The van der Waals surface area contributed by atoms with E-state index < -0.39 is 46.6 Å². The number of alkyl halides is 3. The fraction of sp³-hybridized carbons (Fsp3) is 0.333. The number of aromatic nitrogens is 1. The van der Waals surface area contributed by atoms with E-state index in [4.69, 9.17) is 0 Å². The molecule has 3 aromatic rings. The van der Waals surface area contributed by atoms with E-state index in [0.717, 1.165) is 12.1 Å². The maximum atomic E-state index is 14.5. The number of anilines is 3. The molecule has 41 heavy (non-hydrogen) atoms. The van der Waals surface area contributed by atoms with Gasteiger partial charge >= 0.3 is 6.18 Å². The van der Waals surface area contributed by atoms with Gasteiger partial charge in [-0.2, -0.15) is 13.2 Å². The van der Waals surface area contributed by atoms with Crippen molar-refractivity contribution < 1.29 is 35.5 Å². The molecule has 0 spiro atoms. The molecular weight excluding hydrogens is 569 g/mol. The van der Waals surface area contributed by atoms with Crippen molar-refractivity contribution in [3.63, 3.8) is 0 Å². The Labute approximate surface area is 236 Å². The molecule has 0 aliphatic carbocycles. The summed E-state index contributed by atoms with van der Waals surface area (Å²) in [5, 5.41) is 2.67. The first-order valence-electron chi connectivity index (χ1n) is 12.6. The molecule has 1 fully saturated rings. The molecule has 1 aliphatic heterocycles. The van der Waals surface area contributed by atoms with E-state index in [1.54, 1.807) is 28.0 Å². The van der Waals surface area contributed by atoms with Crippen LogP contribution in [0.2, 0.25) is 0 Å². The third-order valence-electron chi connectivity index (χ3n) is 6.90. The minimum absolute atomic E-state index is 0.0602. The van der Waals surface area contributed by atoms with Crippen molar-refractivity contribution in [2.24, 2.45) is 0 Å². The fourth-order valence-electron chi connectivity index (χ4n) is 4.53. The van der Waals surface area contributed by atoms with E-state index in [-0.39, 0.29) is 36.7 Å². The van der Waals surface area contributed by atoms with E-state index in [1.807, 2.05) is 0 Å². The lowest BCUT2D eigenvalue weighted by Crippen LogP contribution is -2.47. The van der Waals surface area contributed by atoms with Crippen molar-refractivity contribution in [1.82, 2.24) is 10.3 Å². The molecule has 2 atom stereocenters. The summed E-state index contributed by atoms with van der Waals surface area (Å²) in [6.07, 6.45) is -4.68. The maximum absolute atomic E-state index is 14.5. The van der Waals surface area contributed by atoms with Gasteiger partial charge in [0.15, 0.2) is 0 Å². The second kappa shape index (κ2) is 12.4. The molecule has 0 saturated carbocycles. The molecule has 2 aromatic carbocycles. The smallest absolute Gasteiger partial charge is 0.433 e. The Balaban J connectivity index is 1.49. The summed E-state index contributed by atoms with van der Waals surface area (Å²) in [4.78, 5) is 20.2. The average Bonchev–Trinajstić information content (AvgIpc) is 2.95. The number of halogens is 5. The topological polar surface area (TPSA) is 91.8 Å². The Hall–Kier alpha value is -3.78. The number of pyridine rings is 1. The first-order valence-corrected chi connectivity index (χ1v) is 13.6. The van der Waals surface area contributed by atoms with Crippen molar-refractivity contribution in [3.05, 3.63) is 83.1 Å². The summed E-state index contributed by atoms with van der Waals surface area (Å²) in [7, 11) is 1.17. The van der Waals surface area contributed by atoms with Crippen LogP contribution in [0.15, 0.2) is 54.6 Å². The van der Waals surface area contributed by atoms with Crippen LogP contribution in [0.5, 0.6) is 0 Å². The van der Waals surface area contributed by atoms with Gasteiger partial charge in [0.05, 0.1) is 17.3 Å². The number of rotatable bonds is 8. The molecule has 220 valence electrons. The zero-order valence-corrected chi connectivity index (χ0v) is 22.9. The van der Waals surface area contributed by atoms with Gasteiger partial charge in [-0.25, -0.2) is 13.8 Å². The molecule has 1 amide bonds. The zero-order chi connectivity index (χ0) is 29.9. The molecule has 0 bridgehead atoms. The van der Waals surface area contributed by atoms with Gasteiger partial charge in [-0.3, -0.25) is 9.00 Å². The fourth-order valence-corrected chi connectivity index (χ4v) is 4.84. The molecule has 1 aromatic heterocycles. The summed E-state index contributed by atoms with van der Waals surface area (Å²) < 4.78 is 92.2. The summed E-state index contributed by atoms with van der Waals surface area (Å²) >= 11 is -2.68. The monoisotopic (exact) mass is 596 g/mol. The second-order valence-electron chi connectivity index (χ2n) is 9.47. The number of hydrogen-bond donors (Lipinski definition) is 1. The number of piperazine rings is 1. The molecule has 8 nitrogen and oxygen atoms in total. The molecule has 1 aliphatic rings. The number of carbonyl (C=O) groups excluding carboxylic acids is 1. The zero-order valence-electron chi connectivity index (χ0n) is 22.1. The van der Waals surface area contributed by atoms with E-state index in [2.05, 4.69) is 10.3 Å². The molecule has 1 saturated heterocycles. The van der Waals surface area contributed by atoms with Crippen LogP contribution in [-0.4, -0.2) is 52.9 Å². The Kier molecular flexibility index (Phi) is 9.12. The molecule has 2 heterocycles. The second-order valence-corrected chi connectivity index (χ2v) is 10.4. The van der Waals surface area contributed by atoms with Crippen molar-refractivity contribution in [2.75, 3.05) is 47.3 Å². The number of carbonyl (C=O) groups is 1. The first-order chi connectivity index (χ1) is 19.4. The molecular formula is C27H27F5N5O3S-. The van der Waals surface area contributed by atoms with E-state index >= 15 is 0 Å². The van der Waals surface area contributed by atoms with Gasteiger partial charge in [-0.05, 0) is 42.8 Å². The highest BCUT2D eigenvalue weighted by atomic mass is 32.2. The predicted octanol–water partition coefficient (Wildman–Crippen LogP) is 4.36. The van der Waals surface area contributed by atoms with Crippen molar-refractivity contribution in [3.8, 4) is 0 Å². The standard InChI is InChI=1S/C27H28F5N5O3S/c1-17(18-7-9-22(21(29)15-18)35(2)41(39)40)26(38)33-16-19-8-10-24(27(30,31)32)34-25(19)37-13-11-36(12-14-37)23-6-4-3-5-20(23)28/h3-10,15,17H,11-14,16H2,1-2H3,(H,33,38)(H,39,40)/p-1. The Morgan fingerprint density at radius 3 is 2.32 bits per heavy atom. The van der Waals surface area contributed by atoms with E-state index in [1.165, 1.54) is 38.2 Å². The lowest BCUT2D eigenvalue weighted by atomic mass is 9.99. The lowest BCUT2D eigenvalue weighted by Gasteiger charge is -2.37. The van der Waals surface area contributed by atoms with Crippen LogP contribution < -0.4 is 19.4 Å². The first kappa shape index (κ1) is 30.2. The number of nitrogens with zero attached hydrogens (tertiary/aromatic N) is 4. The highest BCUT2D eigenvalue weighted by Gasteiger charge is 2.34. The van der Waals surface area contributed by atoms with Gasteiger partial charge in [0.2, 0.25) is 5.91 Å². The molecule has 14 heteroatoms. The largest absolute Gasteiger partial charge is 0.755 e. The van der Waals surface area contributed by atoms with Gasteiger partial charge in [0.1, 0.15) is 23.1 Å². The lowest BCUT2D eigenvalue weighted by molar-refractivity contribution is -0.141. The van der Waals surface area contributed by atoms with Crippen LogP contribution >= 0.6 is 0 Å². The van der Waals surface area contributed by atoms with Crippen LogP contribution in [0.3, 0.4) is 0 Å². The van der Waals surface area contributed by atoms with Gasteiger partial charge in [0, 0.05) is 56.6 Å². The highest BCUT2D eigenvalue weighted by Crippen LogP contribution is 2.32. The number of para-hydroxylation sites is 1. The van der Waals surface area contributed by atoms with E-state index in [0.29, 0.717) is 28.6 Å². The summed E-state index contributed by atoms with van der Waals surface area (Å²) in [6.45, 7) is 2.61. The van der Waals surface area contributed by atoms with Crippen LogP contribution in [0.25, 0.3) is 0 Å². The van der Waals surface area contributed by atoms with Gasteiger partial charge < -0.3 is 24.0 Å². The van der Waals surface area contributed by atoms with Crippen LogP contribution in [0.1, 0.15) is 29.7 Å².